The van der Waals surface area contributed by atoms with Crippen LogP contribution in [0.25, 0.3) is 4.85 Å². The summed E-state index contributed by atoms with van der Waals surface area (Å²) in [7, 11) is 0. The maximum Gasteiger partial charge on any atom is 0.240 e. The number of nitrogens with zero attached hydrogens (tertiary/aromatic N) is 2. The van der Waals surface area contributed by atoms with Gasteiger partial charge in [0, 0.05) is 18.9 Å². The first-order valence-corrected chi connectivity index (χ1v) is 8.48. The van der Waals surface area contributed by atoms with Crippen LogP contribution in [0, 0.1) is 12.5 Å². The molecule has 2 atom stereocenters. The fourth-order valence-corrected chi connectivity index (χ4v) is 4.13. The average Bonchev–Trinajstić information content (AvgIpc) is 2.56. The summed E-state index contributed by atoms with van der Waals surface area (Å²) in [4.78, 5) is 6.65. The maximum atomic E-state index is 7.76. The minimum atomic E-state index is -0.156. The van der Waals surface area contributed by atoms with E-state index in [1.54, 1.807) is 0 Å². The van der Waals surface area contributed by atoms with Crippen LogP contribution in [-0.2, 0) is 11.3 Å². The van der Waals surface area contributed by atoms with Gasteiger partial charge in [0.25, 0.3) is 0 Å². The lowest BCUT2D eigenvalue weighted by Crippen LogP contribution is -2.47. The van der Waals surface area contributed by atoms with E-state index in [1.165, 1.54) is 5.56 Å². The first kappa shape index (κ1) is 15.5. The normalized spacial score (nSPS) is 30.8. The van der Waals surface area contributed by atoms with Crippen molar-refractivity contribution in [2.75, 3.05) is 19.7 Å². The van der Waals surface area contributed by atoms with Crippen molar-refractivity contribution in [1.82, 2.24) is 4.90 Å². The van der Waals surface area contributed by atoms with Crippen LogP contribution in [0.4, 0.5) is 0 Å². The molecule has 22 heavy (non-hydrogen) atoms. The molecule has 0 spiro atoms. The van der Waals surface area contributed by atoms with Crippen molar-refractivity contribution in [3.63, 3.8) is 0 Å². The Kier molecular flexibility index (Phi) is 4.81. The first-order valence-electron chi connectivity index (χ1n) is 8.48. The Hall–Kier alpha value is -1.37. The number of rotatable bonds is 3. The van der Waals surface area contributed by atoms with Gasteiger partial charge in [-0.1, -0.05) is 30.3 Å². The molecule has 2 fully saturated rings. The topological polar surface area (TPSA) is 16.8 Å². The summed E-state index contributed by atoms with van der Waals surface area (Å²) in [6.45, 7) is 13.9. The summed E-state index contributed by atoms with van der Waals surface area (Å²) >= 11 is 0. The van der Waals surface area contributed by atoms with E-state index in [9.17, 15) is 0 Å². The van der Waals surface area contributed by atoms with Crippen LogP contribution in [0.15, 0.2) is 30.3 Å². The highest BCUT2D eigenvalue weighted by Gasteiger charge is 2.49. The van der Waals surface area contributed by atoms with E-state index in [0.29, 0.717) is 5.92 Å². The minimum Gasteiger partial charge on any atom is -0.378 e. The van der Waals surface area contributed by atoms with Crippen LogP contribution in [0.5, 0.6) is 0 Å². The number of likely N-dealkylation sites (tertiary alicyclic amines) is 1. The molecular weight excluding hydrogens is 272 g/mol. The van der Waals surface area contributed by atoms with Crippen LogP contribution in [0.1, 0.15) is 38.2 Å². The lowest BCUT2D eigenvalue weighted by Gasteiger charge is -2.40. The average molecular weight is 298 g/mol. The van der Waals surface area contributed by atoms with Crippen molar-refractivity contribution >= 4 is 0 Å². The monoisotopic (exact) mass is 298 g/mol. The minimum absolute atomic E-state index is 0.156. The highest BCUT2D eigenvalue weighted by Crippen LogP contribution is 2.41. The van der Waals surface area contributed by atoms with Crippen molar-refractivity contribution in [1.29, 1.82) is 0 Å². The molecule has 0 amide bonds. The smallest absolute Gasteiger partial charge is 0.240 e. The zero-order valence-electron chi connectivity index (χ0n) is 13.5. The molecule has 2 saturated heterocycles. The summed E-state index contributed by atoms with van der Waals surface area (Å²) in [6.07, 6.45) is 4.39. The largest absolute Gasteiger partial charge is 0.378 e. The molecule has 2 heterocycles. The Bertz CT molecular complexity index is 516. The quantitative estimate of drug-likeness (QED) is 0.790. The maximum absolute atomic E-state index is 7.76. The van der Waals surface area contributed by atoms with Gasteiger partial charge in [0.1, 0.15) is 0 Å². The fraction of sp³-hybridized carbons (Fsp3) is 0.632. The number of hydrogen-bond donors (Lipinski definition) is 0. The third kappa shape index (κ3) is 3.34. The van der Waals surface area contributed by atoms with Gasteiger partial charge in [-0.25, -0.2) is 6.57 Å². The molecule has 0 N–H and O–H groups in total. The Labute approximate surface area is 134 Å². The van der Waals surface area contributed by atoms with Crippen molar-refractivity contribution in [2.24, 2.45) is 5.92 Å². The summed E-state index contributed by atoms with van der Waals surface area (Å²) < 4.78 is 5.67. The van der Waals surface area contributed by atoms with E-state index < -0.39 is 0 Å². The number of hydrogen-bond acceptors (Lipinski definition) is 2. The van der Waals surface area contributed by atoms with Crippen LogP contribution in [0.2, 0.25) is 0 Å². The third-order valence-corrected chi connectivity index (χ3v) is 5.40. The first-order chi connectivity index (χ1) is 10.7. The van der Waals surface area contributed by atoms with E-state index in [2.05, 4.69) is 47.0 Å². The highest BCUT2D eigenvalue weighted by molar-refractivity contribution is 5.15. The van der Waals surface area contributed by atoms with Crippen molar-refractivity contribution in [2.45, 2.75) is 50.8 Å². The Morgan fingerprint density at radius 1 is 1.27 bits per heavy atom. The highest BCUT2D eigenvalue weighted by atomic mass is 16.5. The number of piperidine rings is 1. The van der Waals surface area contributed by atoms with Crippen LogP contribution in [0.3, 0.4) is 0 Å². The molecule has 3 nitrogen and oxygen atoms in total. The Morgan fingerprint density at radius 2 is 2.00 bits per heavy atom. The van der Waals surface area contributed by atoms with Gasteiger partial charge in [-0.2, -0.15) is 0 Å². The van der Waals surface area contributed by atoms with Gasteiger partial charge >= 0.3 is 0 Å². The molecule has 3 heteroatoms. The van der Waals surface area contributed by atoms with Crippen LogP contribution >= 0.6 is 0 Å². The molecule has 0 saturated carbocycles. The van der Waals surface area contributed by atoms with E-state index >= 15 is 0 Å². The second kappa shape index (κ2) is 6.81. The van der Waals surface area contributed by atoms with Gasteiger partial charge in [-0.05, 0) is 38.4 Å². The zero-order valence-corrected chi connectivity index (χ0v) is 13.5. The molecule has 2 unspecified atom stereocenters. The standard InChI is InChI=1S/C19H26N2O/c1-16-14-19(20-2,10-13-22-16)18-8-11-21(12-9-18)15-17-6-4-3-5-7-17/h3-7,16,18H,8-15H2,1H3. The molecule has 0 aromatic heterocycles. The molecule has 1 aromatic carbocycles. The lowest BCUT2D eigenvalue weighted by atomic mass is 9.72. The van der Waals surface area contributed by atoms with Gasteiger partial charge < -0.3 is 9.58 Å². The van der Waals surface area contributed by atoms with Crippen molar-refractivity contribution in [3.05, 3.63) is 47.3 Å². The fourth-order valence-electron chi connectivity index (χ4n) is 4.13. The van der Waals surface area contributed by atoms with Gasteiger partial charge in [-0.15, -0.1) is 0 Å². The lowest BCUT2D eigenvalue weighted by molar-refractivity contribution is -0.0214. The molecule has 0 bridgehead atoms. The van der Waals surface area contributed by atoms with Gasteiger partial charge in [-0.3, -0.25) is 4.90 Å². The summed E-state index contributed by atoms with van der Waals surface area (Å²) in [5.41, 5.74) is 1.23. The Morgan fingerprint density at radius 3 is 2.64 bits per heavy atom. The number of benzene rings is 1. The predicted octanol–water partition coefficient (Wildman–Crippen LogP) is 3.76. The molecule has 2 aliphatic rings. The summed E-state index contributed by atoms with van der Waals surface area (Å²) in [5.74, 6) is 0.545. The van der Waals surface area contributed by atoms with Crippen LogP contribution < -0.4 is 0 Å². The van der Waals surface area contributed by atoms with E-state index in [-0.39, 0.29) is 11.6 Å². The van der Waals surface area contributed by atoms with Gasteiger partial charge in [0.05, 0.1) is 19.1 Å². The molecule has 0 aliphatic carbocycles. The van der Waals surface area contributed by atoms with Gasteiger partial charge in [0.15, 0.2) is 0 Å². The van der Waals surface area contributed by atoms with Crippen LogP contribution in [-0.4, -0.2) is 36.2 Å². The second-order valence-corrected chi connectivity index (χ2v) is 6.89. The Balaban J connectivity index is 1.58. The molecule has 1 aromatic rings. The third-order valence-electron chi connectivity index (χ3n) is 5.40. The summed E-state index contributed by atoms with van der Waals surface area (Å²) in [6, 6.07) is 10.7. The van der Waals surface area contributed by atoms with E-state index in [0.717, 1.165) is 51.9 Å². The summed E-state index contributed by atoms with van der Waals surface area (Å²) in [5, 5.41) is 0. The zero-order chi connectivity index (χ0) is 15.4. The SMILES string of the molecule is [C-]#[N+]C1(C2CCN(Cc3ccccc3)CC2)CCOC(C)C1. The van der Waals surface area contributed by atoms with Gasteiger partial charge in [0.2, 0.25) is 5.54 Å². The number of ether oxygens (including phenoxy) is 1. The molecule has 2 aliphatic heterocycles. The molecular formula is C19H26N2O. The van der Waals surface area contributed by atoms with E-state index in [4.69, 9.17) is 11.3 Å². The second-order valence-electron chi connectivity index (χ2n) is 6.89. The molecule has 118 valence electrons. The van der Waals surface area contributed by atoms with Crippen molar-refractivity contribution < 1.29 is 4.74 Å². The van der Waals surface area contributed by atoms with E-state index in [1.807, 2.05) is 0 Å². The predicted molar refractivity (Wildman–Crippen MR) is 88.4 cm³/mol. The molecule has 3 rings (SSSR count). The molecule has 0 radical (unpaired) electrons. The van der Waals surface area contributed by atoms with Crippen molar-refractivity contribution in [3.8, 4) is 0 Å².